The van der Waals surface area contributed by atoms with Gasteiger partial charge in [0.1, 0.15) is 0 Å². The van der Waals surface area contributed by atoms with Gasteiger partial charge in [0.15, 0.2) is 5.96 Å². The predicted molar refractivity (Wildman–Crippen MR) is 131 cm³/mol. The van der Waals surface area contributed by atoms with E-state index in [1.165, 1.54) is 0 Å². The second-order valence-electron chi connectivity index (χ2n) is 7.36. The van der Waals surface area contributed by atoms with Crippen LogP contribution in [0.4, 0.5) is 0 Å². The van der Waals surface area contributed by atoms with Crippen LogP contribution in [0.25, 0.3) is 0 Å². The van der Waals surface area contributed by atoms with Crippen LogP contribution in [0.15, 0.2) is 35.3 Å². The third-order valence-corrected chi connectivity index (χ3v) is 5.11. The topological polar surface area (TPSA) is 66.4 Å². The normalized spacial score (nSPS) is 14.9. The van der Waals surface area contributed by atoms with Gasteiger partial charge in [-0.2, -0.15) is 0 Å². The highest BCUT2D eigenvalue weighted by Gasteiger charge is 2.22. The fraction of sp³-hybridized carbons (Fsp3) is 0.636. The molecule has 0 aliphatic carbocycles. The fourth-order valence-electron chi connectivity index (χ4n) is 3.44. The number of piperidine rings is 1. The van der Waals surface area contributed by atoms with Crippen LogP contribution in [0.3, 0.4) is 0 Å². The molecular formula is C22H37IN4O3. The molecule has 1 saturated heterocycles. The van der Waals surface area contributed by atoms with E-state index in [0.717, 1.165) is 57.1 Å². The molecule has 30 heavy (non-hydrogen) atoms. The zero-order valence-corrected chi connectivity index (χ0v) is 20.8. The highest BCUT2D eigenvalue weighted by molar-refractivity contribution is 14.0. The maximum atomic E-state index is 12.4. The molecule has 0 bridgehead atoms. The average Bonchev–Trinajstić information content (AvgIpc) is 2.75. The van der Waals surface area contributed by atoms with Crippen molar-refractivity contribution in [2.45, 2.75) is 38.3 Å². The van der Waals surface area contributed by atoms with E-state index in [2.05, 4.69) is 15.2 Å². The van der Waals surface area contributed by atoms with Crippen LogP contribution in [-0.2, 0) is 20.8 Å². The second-order valence-corrected chi connectivity index (χ2v) is 7.36. The van der Waals surface area contributed by atoms with Gasteiger partial charge in [-0.15, -0.1) is 24.0 Å². The highest BCUT2D eigenvalue weighted by atomic mass is 127. The Balaban J connectivity index is 0.00000450. The Hall–Kier alpha value is -1.39. The van der Waals surface area contributed by atoms with Crippen molar-refractivity contribution in [2.24, 2.45) is 4.99 Å². The second kappa shape index (κ2) is 15.4. The molecular weight excluding hydrogens is 495 g/mol. The summed E-state index contributed by atoms with van der Waals surface area (Å²) in [6, 6.07) is 10.0. The van der Waals surface area contributed by atoms with Gasteiger partial charge >= 0.3 is 0 Å². The molecule has 1 aromatic carbocycles. The zero-order chi connectivity index (χ0) is 20.9. The number of ether oxygens (including phenoxy) is 2. The largest absolute Gasteiger partial charge is 0.385 e. The number of carbonyl (C=O) groups is 1. The van der Waals surface area contributed by atoms with Gasteiger partial charge in [-0.05, 0) is 24.8 Å². The summed E-state index contributed by atoms with van der Waals surface area (Å²) in [5.41, 5.74) is 1.14. The van der Waals surface area contributed by atoms with E-state index >= 15 is 0 Å². The molecule has 1 heterocycles. The van der Waals surface area contributed by atoms with E-state index in [9.17, 15) is 4.79 Å². The molecule has 0 atom stereocenters. The Morgan fingerprint density at radius 1 is 1.23 bits per heavy atom. The third kappa shape index (κ3) is 9.61. The number of methoxy groups -OCH3 is 1. The Bertz CT molecular complexity index is 622. The molecule has 170 valence electrons. The van der Waals surface area contributed by atoms with Gasteiger partial charge < -0.3 is 24.6 Å². The van der Waals surface area contributed by atoms with Gasteiger partial charge in [0.25, 0.3) is 0 Å². The molecule has 1 aromatic rings. The molecule has 7 nitrogen and oxygen atoms in total. The van der Waals surface area contributed by atoms with Gasteiger partial charge in [-0.25, -0.2) is 0 Å². The number of rotatable bonds is 10. The van der Waals surface area contributed by atoms with Gasteiger partial charge in [0, 0.05) is 67.0 Å². The van der Waals surface area contributed by atoms with Crippen LogP contribution in [0, 0.1) is 0 Å². The van der Waals surface area contributed by atoms with Gasteiger partial charge in [0.2, 0.25) is 5.91 Å². The predicted octanol–water partition coefficient (Wildman–Crippen LogP) is 2.75. The van der Waals surface area contributed by atoms with Crippen LogP contribution < -0.4 is 5.32 Å². The number of nitrogens with one attached hydrogen (secondary N) is 1. The minimum atomic E-state index is 0. The molecule has 1 aliphatic heterocycles. The number of guanidine groups is 1. The van der Waals surface area contributed by atoms with Crippen LogP contribution in [0.1, 0.15) is 31.2 Å². The smallest absolute Gasteiger partial charge is 0.224 e. The number of hydrogen-bond acceptors (Lipinski definition) is 4. The first-order valence-corrected chi connectivity index (χ1v) is 10.5. The van der Waals surface area contributed by atoms with E-state index in [-0.39, 0.29) is 29.9 Å². The lowest BCUT2D eigenvalue weighted by molar-refractivity contribution is -0.130. The van der Waals surface area contributed by atoms with Crippen LogP contribution in [0.5, 0.6) is 0 Å². The van der Waals surface area contributed by atoms with Gasteiger partial charge in [-0.3, -0.25) is 9.79 Å². The summed E-state index contributed by atoms with van der Waals surface area (Å²) >= 11 is 0. The molecule has 0 radical (unpaired) electrons. The minimum Gasteiger partial charge on any atom is -0.385 e. The lowest BCUT2D eigenvalue weighted by Crippen LogP contribution is -2.47. The van der Waals surface area contributed by atoms with E-state index in [1.54, 1.807) is 19.1 Å². The summed E-state index contributed by atoms with van der Waals surface area (Å²) < 4.78 is 11.0. The number of aliphatic imine (C=N–C) groups is 1. The summed E-state index contributed by atoms with van der Waals surface area (Å²) in [6.07, 6.45) is 3.68. The Morgan fingerprint density at radius 3 is 2.57 bits per heavy atom. The zero-order valence-electron chi connectivity index (χ0n) is 18.5. The maximum absolute atomic E-state index is 12.4. The molecule has 8 heteroatoms. The molecule has 1 fully saturated rings. The number of carbonyl (C=O) groups excluding carboxylic acids is 1. The van der Waals surface area contributed by atoms with Crippen molar-refractivity contribution in [1.82, 2.24) is 15.1 Å². The van der Waals surface area contributed by atoms with E-state index in [0.29, 0.717) is 25.6 Å². The van der Waals surface area contributed by atoms with Crippen molar-refractivity contribution in [3.8, 4) is 0 Å². The summed E-state index contributed by atoms with van der Waals surface area (Å²) in [4.78, 5) is 20.8. The monoisotopic (exact) mass is 532 g/mol. The van der Waals surface area contributed by atoms with Crippen molar-refractivity contribution in [3.05, 3.63) is 35.9 Å². The van der Waals surface area contributed by atoms with Crippen LogP contribution in [0.2, 0.25) is 0 Å². The number of amides is 1. The number of benzene rings is 1. The van der Waals surface area contributed by atoms with Crippen molar-refractivity contribution in [3.63, 3.8) is 0 Å². The first kappa shape index (κ1) is 26.6. The quantitative estimate of drug-likeness (QED) is 0.217. The lowest BCUT2D eigenvalue weighted by Gasteiger charge is -2.34. The maximum Gasteiger partial charge on any atom is 0.224 e. The van der Waals surface area contributed by atoms with Crippen molar-refractivity contribution in [1.29, 1.82) is 0 Å². The molecule has 1 N–H and O–H groups in total. The number of hydrogen-bond donors (Lipinski definition) is 1. The summed E-state index contributed by atoms with van der Waals surface area (Å²) in [5, 5.41) is 3.33. The minimum absolute atomic E-state index is 0. The average molecular weight is 532 g/mol. The lowest BCUT2D eigenvalue weighted by atomic mass is 10.1. The summed E-state index contributed by atoms with van der Waals surface area (Å²) in [5.74, 6) is 0.987. The molecule has 0 saturated carbocycles. The number of halogens is 1. The van der Waals surface area contributed by atoms with E-state index in [4.69, 9.17) is 9.47 Å². The van der Waals surface area contributed by atoms with E-state index < -0.39 is 0 Å². The fourth-order valence-corrected chi connectivity index (χ4v) is 3.44. The SMILES string of the molecule is CN=C(NCCC(=O)N(C)Cc1ccccc1)N1CCC(OCCCOC)CC1.I. The Labute approximate surface area is 198 Å². The third-order valence-electron chi connectivity index (χ3n) is 5.11. The van der Waals surface area contributed by atoms with Crippen molar-refractivity contribution >= 4 is 35.8 Å². The Kier molecular flexibility index (Phi) is 13.7. The molecule has 0 unspecified atom stereocenters. The Morgan fingerprint density at radius 2 is 1.93 bits per heavy atom. The molecule has 1 amide bonds. The summed E-state index contributed by atoms with van der Waals surface area (Å²) in [6.45, 7) is 4.54. The number of likely N-dealkylation sites (tertiary alicyclic amines) is 1. The molecule has 0 spiro atoms. The van der Waals surface area contributed by atoms with Crippen molar-refractivity contribution < 1.29 is 14.3 Å². The van der Waals surface area contributed by atoms with Crippen LogP contribution >= 0.6 is 24.0 Å². The first-order chi connectivity index (χ1) is 14.1. The summed E-state index contributed by atoms with van der Waals surface area (Å²) in [7, 11) is 5.35. The van der Waals surface area contributed by atoms with E-state index in [1.807, 2.05) is 37.4 Å². The molecule has 2 rings (SSSR count). The van der Waals surface area contributed by atoms with Crippen LogP contribution in [-0.4, -0.2) is 81.8 Å². The van der Waals surface area contributed by atoms with Gasteiger partial charge in [-0.1, -0.05) is 30.3 Å². The first-order valence-electron chi connectivity index (χ1n) is 10.5. The number of nitrogens with zero attached hydrogens (tertiary/aromatic N) is 3. The molecule has 0 aromatic heterocycles. The van der Waals surface area contributed by atoms with Crippen molar-refractivity contribution in [2.75, 3.05) is 54.1 Å². The highest BCUT2D eigenvalue weighted by Crippen LogP contribution is 2.14. The standard InChI is InChI=1S/C22H36N4O3.HI/c1-23-22(26-14-11-20(12-15-26)29-17-7-16-28-3)24-13-10-21(27)25(2)18-19-8-5-4-6-9-19;/h4-6,8-9,20H,7,10-18H2,1-3H3,(H,23,24);1H. The molecule has 1 aliphatic rings. The van der Waals surface area contributed by atoms with Gasteiger partial charge in [0.05, 0.1) is 6.10 Å².